The monoisotopic (exact) mass is 1820 g/mol. The van der Waals surface area contributed by atoms with Gasteiger partial charge >= 0.3 is 43.5 Å². The number of aromatic amines is 2. The molecule has 2 aromatic rings. The summed E-state index contributed by atoms with van der Waals surface area (Å²) in [6, 6.07) is -0.152. The largest absolute Gasteiger partial charge is 2.00 e. The van der Waals surface area contributed by atoms with Crippen molar-refractivity contribution < 1.29 is 124 Å². The van der Waals surface area contributed by atoms with Gasteiger partial charge in [0.25, 0.3) is 17.6 Å². The third kappa shape index (κ3) is 38.4. The van der Waals surface area contributed by atoms with Crippen LogP contribution in [0.5, 0.6) is 0 Å². The molecule has 1 unspecified atom stereocenters. The minimum absolute atomic E-state index is 0. The van der Waals surface area contributed by atoms with Crippen molar-refractivity contribution in [1.82, 2.24) is 19.1 Å². The van der Waals surface area contributed by atoms with Crippen LogP contribution in [-0.2, 0) is 105 Å². The summed E-state index contributed by atoms with van der Waals surface area (Å²) in [7, 11) is -7.66. The number of alkyl halides is 2. The second kappa shape index (κ2) is 49.3. The van der Waals surface area contributed by atoms with Crippen molar-refractivity contribution in [2.24, 2.45) is 32.5 Å². The van der Waals surface area contributed by atoms with Gasteiger partial charge in [0.2, 0.25) is 0 Å². The van der Waals surface area contributed by atoms with Crippen molar-refractivity contribution in [3.63, 3.8) is 0 Å². The number of ether oxygens (including phenoxy) is 3. The minimum atomic E-state index is -4.49. The molecule has 41 heteroatoms. The predicted molar refractivity (Wildman–Crippen MR) is 443 cm³/mol. The van der Waals surface area contributed by atoms with Crippen LogP contribution in [0, 0.1) is 46.3 Å². The Balaban J connectivity index is 0.00000168. The molecule has 5 rings (SSSR count). The predicted octanol–water partition coefficient (Wildman–Crippen LogP) is 13.7. The number of phosphoric acid groups is 2. The molecular formula is C72H123F2N4NiO25P3S6. The quantitative estimate of drug-likeness (QED) is 0.0223. The van der Waals surface area contributed by atoms with Gasteiger partial charge in [-0.3, -0.25) is 84.6 Å². The maximum atomic E-state index is 16.8. The number of aromatic nitrogens is 4. The molecule has 0 bridgehead atoms. The van der Waals surface area contributed by atoms with E-state index in [1.165, 1.54) is 36.8 Å². The fourth-order valence-electron chi connectivity index (χ4n) is 9.39. The smallest absolute Gasteiger partial charge is 0.387 e. The zero-order chi connectivity index (χ0) is 86.5. The molecule has 4 N–H and O–H groups in total. The van der Waals surface area contributed by atoms with E-state index in [0.717, 1.165) is 94.3 Å². The summed E-state index contributed by atoms with van der Waals surface area (Å²) >= 11 is 6.47. The van der Waals surface area contributed by atoms with Gasteiger partial charge in [0, 0.05) is 111 Å². The number of aliphatic hydroxyl groups excluding tert-OH is 1. The van der Waals surface area contributed by atoms with E-state index >= 15 is 8.78 Å². The molecule has 2 aromatic heterocycles. The minimum Gasteiger partial charge on any atom is -0.387 e. The van der Waals surface area contributed by atoms with E-state index in [1.54, 1.807) is 90.0 Å². The topological polar surface area (TPSA) is 388 Å². The number of fused-ring (bicyclic) bond motifs is 1. The molecule has 1 saturated heterocycles. The number of halogens is 2. The molecule has 113 heavy (non-hydrogen) atoms. The number of hydrogen-bond donors (Lipinski definition) is 4. The Morgan fingerprint density at radius 2 is 0.805 bits per heavy atom. The number of thioether (sulfide) groups is 6. The molecule has 0 spiro atoms. The molecule has 2 saturated carbocycles. The van der Waals surface area contributed by atoms with Gasteiger partial charge in [0.1, 0.15) is 23.4 Å². The molecule has 3 fully saturated rings. The number of nitrogens with zero attached hydrogens (tertiary/aromatic N) is 2. The molecule has 0 aromatic carbocycles. The van der Waals surface area contributed by atoms with Crippen molar-refractivity contribution in [2.45, 2.75) is 231 Å². The van der Waals surface area contributed by atoms with Crippen LogP contribution in [0.4, 0.5) is 8.78 Å². The van der Waals surface area contributed by atoms with Crippen molar-refractivity contribution in [2.75, 3.05) is 94.5 Å². The molecule has 29 nitrogen and oxygen atoms in total. The van der Waals surface area contributed by atoms with Gasteiger partial charge in [-0.1, -0.05) is 209 Å². The zero-order valence-electron chi connectivity index (χ0n) is 69.4. The Morgan fingerprint density at radius 3 is 1.09 bits per heavy atom. The normalized spacial score (nSPS) is 22.5. The average molecular weight is 1830 g/mol. The van der Waals surface area contributed by atoms with Crippen LogP contribution in [-0.4, -0.2) is 196 Å². The number of carbonyl (C=O) groups excluding carboxylic acids is 6. The summed E-state index contributed by atoms with van der Waals surface area (Å²) < 4.78 is 122. The number of H-pyrrole nitrogens is 2. The third-order valence-corrected chi connectivity index (χ3v) is 26.4. The standard InChI is InChI=1S/C27H42FN2O11PS2.C25H40FN2O10PS2.C14H27O4PS2.2C3H7.Ni/c1-24(2,3)20(32)43-13-11-37-42(35,38-12-14-44-21(33)25(4,5)6)39-16-27(28)15-17(30-10-9-18(31)29-22(30)34)26(7)19(27)40-23(36-8)41-26;1-22(2,3)19(31)40-12-10-36-39(35,37-11-13-41-20(32)23(4,5)6)38-15-25(26)14-16(24(7,34)18(25)30)28-9-8-17(29)27-21(28)33;1-13(2,3)11(15)20-9-7-17-19-18-8-10-21-12(16)14(4,5)6;2*1-3-2;/h9-10,17,19,23H,11-16H2,1-8H3,(H,29,31,34);8-9,16,18,30,34H,10-15H2,1-7H3,(H,27,29,33);19H,7-10H2,1-6H3;2*1,3H2,2H3;/q;;;2*-1;+2/t17-,19+,23?,26+,27+;16-,18+,24+,25+;;;;/m11..../s1. The molecule has 0 amide bonds. The molecule has 656 valence electrons. The number of phosphoric ester groups is 2. The second-order valence-corrected chi connectivity index (χ2v) is 42.9. The molecular weight excluding hydrogens is 1700 g/mol. The SMILES string of the molecule is CC(C)(C)C(=O)SCCOP(=O)(OCCSC(=O)C(C)(C)C)OC[C@@]1(F)C[C@@H](n2ccc(=O)[nH]c2=O)[C@](C)(O)[C@@H]1O.CC(C)(C)C(=O)SCCOPOCCSC(=O)C(C)(C)C.COC1O[C@@H]2[C@@](F)(COP(=O)(OCCSC(=O)C(C)(C)C)OCCSC(=O)C(C)(C)C)C[C@@H](n3ccc(=O)[nH]c3=O)[C@]2(C)O1.[CH2-]CC.[CH2-]CC.[Ni+2]. The maximum Gasteiger partial charge on any atom is 2.00 e. The molecule has 3 heterocycles. The van der Waals surface area contributed by atoms with Crippen molar-refractivity contribution in [3.8, 4) is 0 Å². The van der Waals surface area contributed by atoms with Gasteiger partial charge in [0.15, 0.2) is 51.1 Å². The summed E-state index contributed by atoms with van der Waals surface area (Å²) in [6.45, 7) is 43.1. The molecule has 3 aliphatic rings. The van der Waals surface area contributed by atoms with Crippen LogP contribution in [0.3, 0.4) is 0 Å². The average Bonchev–Trinajstić information content (AvgIpc) is 1.56. The summed E-state index contributed by atoms with van der Waals surface area (Å²) in [5.74, 6) is 1.75. The molecule has 9 atom stereocenters. The van der Waals surface area contributed by atoms with E-state index in [4.69, 9.17) is 50.4 Å². The van der Waals surface area contributed by atoms with E-state index in [-0.39, 0.29) is 123 Å². The zero-order valence-corrected chi connectivity index (χ0v) is 78.1. The number of nitrogens with one attached hydrogen (secondary N) is 2. The number of hydrogen-bond acceptors (Lipinski definition) is 31. The number of methoxy groups -OCH3 is 1. The van der Waals surface area contributed by atoms with E-state index in [9.17, 15) is 67.3 Å². The first-order valence-corrected chi connectivity index (χ1v) is 45.8. The van der Waals surface area contributed by atoms with Crippen LogP contribution in [0.25, 0.3) is 0 Å². The van der Waals surface area contributed by atoms with Crippen molar-refractivity contribution >= 4 is 126 Å². The fraction of sp³-hybridized carbons (Fsp3) is 0.778. The first-order chi connectivity index (χ1) is 51.2. The van der Waals surface area contributed by atoms with Crippen LogP contribution >= 0.6 is 95.3 Å². The van der Waals surface area contributed by atoms with Gasteiger partial charge in [0.05, 0.1) is 64.9 Å². The Morgan fingerprint density at radius 1 is 0.531 bits per heavy atom. The summed E-state index contributed by atoms with van der Waals surface area (Å²) in [4.78, 5) is 124. The number of rotatable bonds is 33. The summed E-state index contributed by atoms with van der Waals surface area (Å²) in [6.07, 6.45) is -0.163. The number of carbonyl (C=O) groups is 6. The van der Waals surface area contributed by atoms with E-state index < -0.39 is 133 Å². The van der Waals surface area contributed by atoms with Crippen LogP contribution in [0.1, 0.15) is 190 Å². The molecule has 2 aliphatic carbocycles. The van der Waals surface area contributed by atoms with Crippen molar-refractivity contribution in [1.29, 1.82) is 0 Å². The summed E-state index contributed by atoms with van der Waals surface area (Å²) in [5, 5.41) is 21.5. The van der Waals surface area contributed by atoms with Crippen molar-refractivity contribution in [3.05, 3.63) is 80.1 Å². The third-order valence-electron chi connectivity index (χ3n) is 15.4. The Bertz CT molecular complexity index is 3560. The van der Waals surface area contributed by atoms with Gasteiger partial charge in [-0.05, 0) is 13.8 Å². The van der Waals surface area contributed by atoms with Crippen LogP contribution in [0.2, 0.25) is 0 Å². The Labute approximate surface area is 702 Å². The van der Waals surface area contributed by atoms with E-state index in [0.29, 0.717) is 24.7 Å². The second-order valence-electron chi connectivity index (χ2n) is 32.4. The van der Waals surface area contributed by atoms with E-state index in [2.05, 4.69) is 18.8 Å². The van der Waals surface area contributed by atoms with Gasteiger partial charge in [-0.15, -0.1) is 0 Å². The van der Waals surface area contributed by atoms with Crippen LogP contribution in [0.15, 0.2) is 43.7 Å². The van der Waals surface area contributed by atoms with Crippen LogP contribution < -0.4 is 22.5 Å². The molecule has 0 radical (unpaired) electrons. The Kier molecular flexibility index (Phi) is 48.6. The van der Waals surface area contributed by atoms with E-state index in [1.807, 2.05) is 60.4 Å². The fourth-order valence-corrected chi connectivity index (χ4v) is 17.8. The van der Waals surface area contributed by atoms with Gasteiger partial charge in [-0.25, -0.2) is 27.5 Å². The first kappa shape index (κ1) is 111. The number of aliphatic hydroxyl groups is 2. The Hall–Kier alpha value is -1.80. The van der Waals surface area contributed by atoms with Gasteiger partial charge in [-0.2, -0.15) is 12.8 Å². The van der Waals surface area contributed by atoms with Gasteiger partial charge < -0.3 is 47.3 Å². The maximum absolute atomic E-state index is 16.8. The first-order valence-electron chi connectivity index (χ1n) is 36.2. The molecule has 1 aliphatic heterocycles. The summed E-state index contributed by atoms with van der Waals surface area (Å²) in [5.41, 5.74) is -14.8.